The molecular formula is C21H16FN3O3. The summed E-state index contributed by atoms with van der Waals surface area (Å²) in [4.78, 5) is 23.3. The quantitative estimate of drug-likeness (QED) is 0.362. The van der Waals surface area contributed by atoms with E-state index in [1.165, 1.54) is 42.0 Å². The maximum absolute atomic E-state index is 14.3. The first-order valence-corrected chi connectivity index (χ1v) is 8.31. The topological polar surface area (TPSA) is 90.8 Å². The van der Waals surface area contributed by atoms with E-state index in [1.807, 2.05) is 30.3 Å². The highest BCUT2D eigenvalue weighted by atomic mass is 19.1. The molecule has 0 heterocycles. The number of nitrogens with zero attached hydrogens (tertiary/aromatic N) is 1. The molecule has 0 aromatic heterocycles. The van der Waals surface area contributed by atoms with Gasteiger partial charge in [-0.05, 0) is 41.5 Å². The molecular weight excluding hydrogens is 361 g/mol. The third-order valence-electron chi connectivity index (χ3n) is 3.97. The second-order valence-corrected chi connectivity index (χ2v) is 5.82. The van der Waals surface area contributed by atoms with Crippen molar-refractivity contribution < 1.29 is 19.2 Å². The molecule has 3 N–H and O–H groups in total. The second kappa shape index (κ2) is 8.70. The van der Waals surface area contributed by atoms with Crippen molar-refractivity contribution in [3.63, 3.8) is 0 Å². The van der Waals surface area contributed by atoms with Crippen LogP contribution in [-0.4, -0.2) is 23.2 Å². The highest BCUT2D eigenvalue weighted by Gasteiger charge is 2.08. The van der Waals surface area contributed by atoms with E-state index in [-0.39, 0.29) is 16.9 Å². The van der Waals surface area contributed by atoms with Crippen molar-refractivity contribution in [3.8, 4) is 11.1 Å². The standard InChI is InChI=1S/C21H16FN3O3/c22-19-12-14(6-11-18(19)15-4-2-1-3-5-15)13-23-24-20(26)16-7-9-17(10-8-16)21(27)25-28/h1-13,28H,(H,24,26)(H,25,27)/b23-13+. The van der Waals surface area contributed by atoms with Gasteiger partial charge in [-0.25, -0.2) is 15.3 Å². The Morgan fingerprint density at radius 1 is 0.893 bits per heavy atom. The molecule has 0 saturated carbocycles. The third kappa shape index (κ3) is 4.46. The van der Waals surface area contributed by atoms with Gasteiger partial charge in [-0.15, -0.1) is 0 Å². The summed E-state index contributed by atoms with van der Waals surface area (Å²) in [5, 5.41) is 12.4. The van der Waals surface area contributed by atoms with Gasteiger partial charge in [0.05, 0.1) is 6.21 Å². The highest BCUT2D eigenvalue weighted by molar-refractivity contribution is 5.97. The van der Waals surface area contributed by atoms with Crippen LogP contribution >= 0.6 is 0 Å². The van der Waals surface area contributed by atoms with Crippen molar-refractivity contribution in [2.45, 2.75) is 0 Å². The van der Waals surface area contributed by atoms with Gasteiger partial charge in [0, 0.05) is 16.7 Å². The van der Waals surface area contributed by atoms with Crippen LogP contribution in [0.25, 0.3) is 11.1 Å². The summed E-state index contributed by atoms with van der Waals surface area (Å²) < 4.78 is 14.3. The Morgan fingerprint density at radius 2 is 1.54 bits per heavy atom. The summed E-state index contributed by atoms with van der Waals surface area (Å²) in [5.41, 5.74) is 6.07. The third-order valence-corrected chi connectivity index (χ3v) is 3.97. The van der Waals surface area contributed by atoms with E-state index >= 15 is 0 Å². The van der Waals surface area contributed by atoms with E-state index in [9.17, 15) is 14.0 Å². The zero-order valence-corrected chi connectivity index (χ0v) is 14.6. The molecule has 0 aliphatic rings. The first-order valence-electron chi connectivity index (χ1n) is 8.31. The number of amides is 2. The lowest BCUT2D eigenvalue weighted by Gasteiger charge is -2.04. The van der Waals surface area contributed by atoms with Crippen molar-refractivity contribution in [3.05, 3.63) is 95.3 Å². The maximum Gasteiger partial charge on any atom is 0.274 e. The van der Waals surface area contributed by atoms with E-state index in [2.05, 4.69) is 10.5 Å². The number of carbonyl (C=O) groups excluding carboxylic acids is 2. The number of halogens is 1. The molecule has 7 heteroatoms. The average Bonchev–Trinajstić information content (AvgIpc) is 2.74. The van der Waals surface area contributed by atoms with Crippen LogP contribution in [0.1, 0.15) is 26.3 Å². The van der Waals surface area contributed by atoms with Crippen molar-refractivity contribution in [2.75, 3.05) is 0 Å². The van der Waals surface area contributed by atoms with Crippen LogP contribution in [-0.2, 0) is 0 Å². The molecule has 3 aromatic carbocycles. The highest BCUT2D eigenvalue weighted by Crippen LogP contribution is 2.22. The summed E-state index contributed by atoms with van der Waals surface area (Å²) in [7, 11) is 0. The first kappa shape index (κ1) is 18.9. The molecule has 0 aliphatic heterocycles. The molecule has 0 radical (unpaired) electrons. The number of carbonyl (C=O) groups is 2. The van der Waals surface area contributed by atoms with E-state index in [1.54, 1.807) is 12.1 Å². The molecule has 3 rings (SSSR count). The Kier molecular flexibility index (Phi) is 5.88. The lowest BCUT2D eigenvalue weighted by Crippen LogP contribution is -2.20. The summed E-state index contributed by atoms with van der Waals surface area (Å²) in [6.07, 6.45) is 1.34. The molecule has 0 atom stereocenters. The SMILES string of the molecule is O=C(NO)c1ccc(C(=O)N/N=C/c2ccc(-c3ccccc3)c(F)c2)cc1. The minimum atomic E-state index is -0.675. The number of hydrogen-bond acceptors (Lipinski definition) is 4. The monoisotopic (exact) mass is 377 g/mol. The molecule has 0 saturated heterocycles. The summed E-state index contributed by atoms with van der Waals surface area (Å²) in [6.45, 7) is 0. The minimum Gasteiger partial charge on any atom is -0.288 e. The number of hydroxylamine groups is 1. The van der Waals surface area contributed by atoms with Gasteiger partial charge < -0.3 is 0 Å². The van der Waals surface area contributed by atoms with Crippen LogP contribution < -0.4 is 10.9 Å². The van der Waals surface area contributed by atoms with Crippen LogP contribution in [0.3, 0.4) is 0 Å². The lowest BCUT2D eigenvalue weighted by atomic mass is 10.0. The summed E-state index contributed by atoms with van der Waals surface area (Å²) in [5.74, 6) is -1.56. The van der Waals surface area contributed by atoms with E-state index < -0.39 is 11.8 Å². The first-order chi connectivity index (χ1) is 13.6. The summed E-state index contributed by atoms with van der Waals surface area (Å²) in [6, 6.07) is 19.5. The van der Waals surface area contributed by atoms with E-state index in [0.717, 1.165) is 5.56 Å². The fraction of sp³-hybridized carbons (Fsp3) is 0. The van der Waals surface area contributed by atoms with Crippen LogP contribution in [0.15, 0.2) is 77.9 Å². The van der Waals surface area contributed by atoms with Gasteiger partial charge in [-0.2, -0.15) is 5.10 Å². The van der Waals surface area contributed by atoms with E-state index in [4.69, 9.17) is 5.21 Å². The molecule has 2 amide bonds. The van der Waals surface area contributed by atoms with Crippen LogP contribution in [0, 0.1) is 5.82 Å². The predicted molar refractivity (Wildman–Crippen MR) is 103 cm³/mol. The molecule has 0 unspecified atom stereocenters. The Balaban J connectivity index is 1.65. The smallest absolute Gasteiger partial charge is 0.274 e. The maximum atomic E-state index is 14.3. The zero-order chi connectivity index (χ0) is 19.9. The molecule has 140 valence electrons. The molecule has 0 spiro atoms. The lowest BCUT2D eigenvalue weighted by molar-refractivity contribution is 0.0706. The van der Waals surface area contributed by atoms with Gasteiger partial charge in [0.15, 0.2) is 0 Å². The second-order valence-electron chi connectivity index (χ2n) is 5.82. The molecule has 28 heavy (non-hydrogen) atoms. The number of hydrogen-bond donors (Lipinski definition) is 3. The Bertz CT molecular complexity index is 1020. The number of rotatable bonds is 5. The van der Waals surface area contributed by atoms with Gasteiger partial charge >= 0.3 is 0 Å². The van der Waals surface area contributed by atoms with Crippen molar-refractivity contribution in [1.82, 2.24) is 10.9 Å². The summed E-state index contributed by atoms with van der Waals surface area (Å²) >= 11 is 0. The fourth-order valence-electron chi connectivity index (χ4n) is 2.53. The van der Waals surface area contributed by atoms with Crippen LogP contribution in [0.4, 0.5) is 4.39 Å². The van der Waals surface area contributed by atoms with Crippen molar-refractivity contribution in [1.29, 1.82) is 0 Å². The van der Waals surface area contributed by atoms with Crippen molar-refractivity contribution in [2.24, 2.45) is 5.10 Å². The fourth-order valence-corrected chi connectivity index (χ4v) is 2.53. The zero-order valence-electron chi connectivity index (χ0n) is 14.6. The molecule has 0 fully saturated rings. The Morgan fingerprint density at radius 3 is 2.14 bits per heavy atom. The Hall–Kier alpha value is -3.84. The normalized spacial score (nSPS) is 10.6. The van der Waals surface area contributed by atoms with Crippen LogP contribution in [0.2, 0.25) is 0 Å². The van der Waals surface area contributed by atoms with Crippen molar-refractivity contribution >= 4 is 18.0 Å². The number of hydrazone groups is 1. The largest absolute Gasteiger partial charge is 0.288 e. The van der Waals surface area contributed by atoms with E-state index in [0.29, 0.717) is 11.1 Å². The molecule has 0 aliphatic carbocycles. The van der Waals surface area contributed by atoms with Gasteiger partial charge in [0.2, 0.25) is 0 Å². The number of nitrogens with one attached hydrogen (secondary N) is 2. The molecule has 6 nitrogen and oxygen atoms in total. The van der Waals surface area contributed by atoms with Crippen LogP contribution in [0.5, 0.6) is 0 Å². The molecule has 0 bridgehead atoms. The van der Waals surface area contributed by atoms with Gasteiger partial charge in [-0.1, -0.05) is 42.5 Å². The minimum absolute atomic E-state index is 0.205. The van der Waals surface area contributed by atoms with Gasteiger partial charge in [-0.3, -0.25) is 14.8 Å². The predicted octanol–water partition coefficient (Wildman–Crippen LogP) is 3.38. The average molecular weight is 377 g/mol. The molecule has 3 aromatic rings. The van der Waals surface area contributed by atoms with Gasteiger partial charge in [0.25, 0.3) is 11.8 Å². The Labute approximate surface area is 160 Å². The van der Waals surface area contributed by atoms with Gasteiger partial charge in [0.1, 0.15) is 5.82 Å². The number of benzene rings is 3.